The number of fused-ring (bicyclic) bond motifs is 1. The highest BCUT2D eigenvalue weighted by molar-refractivity contribution is 7.99. The molecular weight excluding hydrogens is 228 g/mol. The molecule has 1 unspecified atom stereocenters. The summed E-state index contributed by atoms with van der Waals surface area (Å²) >= 11 is 1.45. The number of carbonyl (C=O) groups is 1. The van der Waals surface area contributed by atoms with E-state index in [1.165, 1.54) is 22.4 Å². The van der Waals surface area contributed by atoms with Gasteiger partial charge in [-0.25, -0.2) is 4.98 Å². The average molecular weight is 240 g/mol. The standard InChI is InChI=1S/C10H12N2O3S/c1-2-6-3-8(13)12-7(4-9(14)15)5-16-10(12)11-6/h3,7H,2,4-5H2,1H3,(H,14,15). The van der Waals surface area contributed by atoms with Crippen LogP contribution in [0.5, 0.6) is 0 Å². The summed E-state index contributed by atoms with van der Waals surface area (Å²) in [7, 11) is 0. The Balaban J connectivity index is 2.40. The molecule has 5 nitrogen and oxygen atoms in total. The Bertz CT molecular complexity index is 483. The lowest BCUT2D eigenvalue weighted by Gasteiger charge is -2.10. The van der Waals surface area contributed by atoms with Crippen molar-refractivity contribution in [2.45, 2.75) is 31.0 Å². The lowest BCUT2D eigenvalue weighted by atomic mass is 10.2. The predicted molar refractivity (Wildman–Crippen MR) is 59.9 cm³/mol. The molecule has 1 aromatic rings. The van der Waals surface area contributed by atoms with Crippen molar-refractivity contribution in [3.8, 4) is 0 Å². The van der Waals surface area contributed by atoms with E-state index in [1.54, 1.807) is 0 Å². The largest absolute Gasteiger partial charge is 0.481 e. The summed E-state index contributed by atoms with van der Waals surface area (Å²) in [5, 5.41) is 9.39. The van der Waals surface area contributed by atoms with E-state index in [4.69, 9.17) is 5.11 Å². The van der Waals surface area contributed by atoms with Crippen molar-refractivity contribution in [2.75, 3.05) is 5.75 Å². The van der Waals surface area contributed by atoms with Gasteiger partial charge in [-0.15, -0.1) is 0 Å². The summed E-state index contributed by atoms with van der Waals surface area (Å²) in [5.74, 6) is -0.272. The fourth-order valence-electron chi connectivity index (χ4n) is 1.73. The van der Waals surface area contributed by atoms with Gasteiger partial charge in [0.2, 0.25) is 0 Å². The number of aryl methyl sites for hydroxylation is 1. The van der Waals surface area contributed by atoms with Gasteiger partial charge in [0.05, 0.1) is 12.5 Å². The Morgan fingerprint density at radius 2 is 2.50 bits per heavy atom. The van der Waals surface area contributed by atoms with E-state index < -0.39 is 5.97 Å². The second-order valence-corrected chi connectivity index (χ2v) is 4.64. The summed E-state index contributed by atoms with van der Waals surface area (Å²) in [4.78, 5) is 26.8. The second kappa shape index (κ2) is 4.29. The minimum absolute atomic E-state index is 0.0208. The first-order valence-electron chi connectivity index (χ1n) is 5.09. The average Bonchev–Trinajstić information content (AvgIpc) is 2.60. The molecule has 1 aliphatic rings. The van der Waals surface area contributed by atoms with Crippen molar-refractivity contribution < 1.29 is 9.90 Å². The van der Waals surface area contributed by atoms with E-state index >= 15 is 0 Å². The van der Waals surface area contributed by atoms with Crippen LogP contribution in [0.15, 0.2) is 16.0 Å². The minimum Gasteiger partial charge on any atom is -0.481 e. The molecule has 0 saturated carbocycles. The van der Waals surface area contributed by atoms with Crippen LogP contribution in [-0.4, -0.2) is 26.4 Å². The van der Waals surface area contributed by atoms with Crippen LogP contribution in [0.25, 0.3) is 0 Å². The quantitative estimate of drug-likeness (QED) is 0.796. The Labute approximate surface area is 96.5 Å². The van der Waals surface area contributed by atoms with Gasteiger partial charge in [0.15, 0.2) is 5.16 Å². The molecule has 0 radical (unpaired) electrons. The Morgan fingerprint density at radius 1 is 1.75 bits per heavy atom. The number of thioether (sulfide) groups is 1. The molecule has 2 heterocycles. The first-order valence-corrected chi connectivity index (χ1v) is 6.07. The van der Waals surface area contributed by atoms with Crippen molar-refractivity contribution in [3.05, 3.63) is 22.1 Å². The van der Waals surface area contributed by atoms with Crippen LogP contribution < -0.4 is 5.56 Å². The van der Waals surface area contributed by atoms with Crippen LogP contribution in [0.2, 0.25) is 0 Å². The number of rotatable bonds is 3. The van der Waals surface area contributed by atoms with Crippen molar-refractivity contribution in [1.82, 2.24) is 9.55 Å². The van der Waals surface area contributed by atoms with Gasteiger partial charge in [0.25, 0.3) is 5.56 Å². The van der Waals surface area contributed by atoms with Crippen LogP contribution in [0.4, 0.5) is 0 Å². The Hall–Kier alpha value is -1.30. The lowest BCUT2D eigenvalue weighted by Crippen LogP contribution is -2.26. The summed E-state index contributed by atoms with van der Waals surface area (Å²) in [6, 6.07) is 1.23. The van der Waals surface area contributed by atoms with Crippen molar-refractivity contribution in [3.63, 3.8) is 0 Å². The highest BCUT2D eigenvalue weighted by Gasteiger charge is 2.27. The minimum atomic E-state index is -0.884. The van der Waals surface area contributed by atoms with Gasteiger partial charge in [-0.3, -0.25) is 14.2 Å². The molecule has 0 saturated heterocycles. The molecular formula is C10H12N2O3S. The predicted octanol–water partition coefficient (Wildman–Crippen LogP) is 0.927. The monoisotopic (exact) mass is 240 g/mol. The van der Waals surface area contributed by atoms with E-state index in [9.17, 15) is 9.59 Å². The van der Waals surface area contributed by atoms with Crippen LogP contribution in [-0.2, 0) is 11.2 Å². The number of hydrogen-bond donors (Lipinski definition) is 1. The fraction of sp³-hybridized carbons (Fsp3) is 0.500. The van der Waals surface area contributed by atoms with Crippen LogP contribution in [0.1, 0.15) is 25.1 Å². The van der Waals surface area contributed by atoms with Crippen LogP contribution >= 0.6 is 11.8 Å². The summed E-state index contributed by atoms with van der Waals surface area (Å²) in [6.07, 6.45) is 0.695. The fourth-order valence-corrected chi connectivity index (χ4v) is 2.90. The molecule has 1 aromatic heterocycles. The summed E-state index contributed by atoms with van der Waals surface area (Å²) in [5.41, 5.74) is 0.623. The first kappa shape index (κ1) is 11.2. The zero-order valence-corrected chi connectivity index (χ0v) is 9.66. The van der Waals surface area contributed by atoms with Gasteiger partial charge in [-0.2, -0.15) is 0 Å². The van der Waals surface area contributed by atoms with E-state index in [0.29, 0.717) is 17.3 Å². The number of carboxylic acids is 1. The molecule has 1 aliphatic heterocycles. The van der Waals surface area contributed by atoms with Crippen LogP contribution in [0, 0.1) is 0 Å². The normalized spacial score (nSPS) is 18.4. The Kier molecular flexibility index (Phi) is 3.00. The zero-order chi connectivity index (χ0) is 11.7. The Morgan fingerprint density at radius 3 is 3.12 bits per heavy atom. The number of aliphatic carboxylic acids is 1. The van der Waals surface area contributed by atoms with Crippen molar-refractivity contribution >= 4 is 17.7 Å². The highest BCUT2D eigenvalue weighted by Crippen LogP contribution is 2.31. The molecule has 0 bridgehead atoms. The van der Waals surface area contributed by atoms with Crippen LogP contribution in [0.3, 0.4) is 0 Å². The SMILES string of the molecule is CCc1cc(=O)n2c(n1)SCC2CC(=O)O. The smallest absolute Gasteiger partial charge is 0.305 e. The maximum atomic E-state index is 11.8. The number of carboxylic acid groups (broad SMARTS) is 1. The third kappa shape index (κ3) is 1.97. The molecule has 86 valence electrons. The van der Waals surface area contributed by atoms with Gasteiger partial charge < -0.3 is 5.11 Å². The van der Waals surface area contributed by atoms with E-state index in [2.05, 4.69) is 4.98 Å². The van der Waals surface area contributed by atoms with Gasteiger partial charge in [-0.1, -0.05) is 18.7 Å². The lowest BCUT2D eigenvalue weighted by molar-refractivity contribution is -0.137. The summed E-state index contributed by atoms with van der Waals surface area (Å²) < 4.78 is 1.50. The third-order valence-electron chi connectivity index (χ3n) is 2.52. The number of hydrogen-bond acceptors (Lipinski definition) is 4. The van der Waals surface area contributed by atoms with Gasteiger partial charge >= 0.3 is 5.97 Å². The molecule has 0 aliphatic carbocycles. The molecule has 0 spiro atoms. The van der Waals surface area contributed by atoms with Gasteiger partial charge in [0, 0.05) is 17.5 Å². The number of aromatic nitrogens is 2. The second-order valence-electron chi connectivity index (χ2n) is 3.65. The van der Waals surface area contributed by atoms with Crippen molar-refractivity contribution in [1.29, 1.82) is 0 Å². The molecule has 0 amide bonds. The van der Waals surface area contributed by atoms with E-state index in [-0.39, 0.29) is 18.0 Å². The maximum absolute atomic E-state index is 11.8. The molecule has 0 aromatic carbocycles. The molecule has 1 N–H and O–H groups in total. The van der Waals surface area contributed by atoms with E-state index in [1.807, 2.05) is 6.92 Å². The molecule has 0 fully saturated rings. The van der Waals surface area contributed by atoms with Crippen molar-refractivity contribution in [2.24, 2.45) is 0 Å². The van der Waals surface area contributed by atoms with Gasteiger partial charge in [-0.05, 0) is 6.42 Å². The molecule has 1 atom stereocenters. The van der Waals surface area contributed by atoms with E-state index in [0.717, 1.165) is 5.69 Å². The molecule has 16 heavy (non-hydrogen) atoms. The van der Waals surface area contributed by atoms with Gasteiger partial charge in [0.1, 0.15) is 0 Å². The molecule has 2 rings (SSSR count). The third-order valence-corrected chi connectivity index (χ3v) is 3.61. The first-order chi connectivity index (χ1) is 7.61. The maximum Gasteiger partial charge on any atom is 0.305 e. The topological polar surface area (TPSA) is 72.2 Å². The summed E-state index contributed by atoms with van der Waals surface area (Å²) in [6.45, 7) is 1.94. The number of nitrogens with zero attached hydrogens (tertiary/aromatic N) is 2. The zero-order valence-electron chi connectivity index (χ0n) is 8.84. The highest BCUT2D eigenvalue weighted by atomic mass is 32.2. The molecule has 6 heteroatoms.